The average molecular weight is 430 g/mol. The lowest BCUT2D eigenvalue weighted by molar-refractivity contribution is 0.349. The molecule has 1 heterocycles. The van der Waals surface area contributed by atoms with Gasteiger partial charge in [-0.2, -0.15) is 5.26 Å². The highest BCUT2D eigenvalue weighted by molar-refractivity contribution is 6.35. The first-order valence-corrected chi connectivity index (χ1v) is 9.15. The molecule has 148 valence electrons. The van der Waals surface area contributed by atoms with E-state index < -0.39 is 0 Å². The van der Waals surface area contributed by atoms with Crippen molar-refractivity contribution in [2.24, 2.45) is 0 Å². The summed E-state index contributed by atoms with van der Waals surface area (Å²) in [7, 11) is 4.58. The van der Waals surface area contributed by atoms with E-state index in [2.05, 4.69) is 11.1 Å². The van der Waals surface area contributed by atoms with Crippen LogP contribution in [-0.2, 0) is 0 Å². The van der Waals surface area contributed by atoms with Crippen LogP contribution in [0.3, 0.4) is 0 Å². The molecule has 0 amide bonds. The van der Waals surface area contributed by atoms with Crippen LogP contribution in [0.5, 0.6) is 17.2 Å². The minimum Gasteiger partial charge on any atom is -0.496 e. The number of rotatable bonds is 5. The number of anilines is 1. The summed E-state index contributed by atoms with van der Waals surface area (Å²) in [6.07, 6.45) is 0. The zero-order chi connectivity index (χ0) is 21.1. The molecule has 0 unspecified atom stereocenters. The normalized spacial score (nSPS) is 10.3. The molecule has 3 aromatic rings. The first-order valence-electron chi connectivity index (χ1n) is 8.39. The second-order valence-corrected chi connectivity index (χ2v) is 6.80. The predicted molar refractivity (Wildman–Crippen MR) is 114 cm³/mol. The van der Waals surface area contributed by atoms with Crippen LogP contribution in [0.1, 0.15) is 5.56 Å². The number of nitrogens with zero attached hydrogens (tertiary/aromatic N) is 2. The number of pyridine rings is 1. The Morgan fingerprint density at radius 1 is 0.862 bits per heavy atom. The van der Waals surface area contributed by atoms with Crippen molar-refractivity contribution in [1.29, 1.82) is 5.26 Å². The third kappa shape index (κ3) is 3.88. The second kappa shape index (κ2) is 8.48. The van der Waals surface area contributed by atoms with Crippen molar-refractivity contribution in [3.8, 4) is 45.7 Å². The highest BCUT2D eigenvalue weighted by Crippen LogP contribution is 2.43. The SMILES string of the molecule is COc1cc(OC)c(-c2cc(-c3cc(Cl)ccc3Cl)nc(N)c2C#N)cc1OC. The van der Waals surface area contributed by atoms with Crippen molar-refractivity contribution in [3.63, 3.8) is 0 Å². The van der Waals surface area contributed by atoms with Crippen molar-refractivity contribution in [3.05, 3.63) is 52.0 Å². The molecule has 0 saturated carbocycles. The molecule has 0 spiro atoms. The Balaban J connectivity index is 2.34. The van der Waals surface area contributed by atoms with Gasteiger partial charge in [-0.15, -0.1) is 0 Å². The molecule has 0 aliphatic rings. The van der Waals surface area contributed by atoms with Gasteiger partial charge in [0.25, 0.3) is 0 Å². The molecule has 2 aromatic carbocycles. The summed E-state index contributed by atoms with van der Waals surface area (Å²) in [4.78, 5) is 4.35. The first-order chi connectivity index (χ1) is 13.9. The summed E-state index contributed by atoms with van der Waals surface area (Å²) in [6, 6.07) is 12.3. The quantitative estimate of drug-likeness (QED) is 0.598. The Hall–Kier alpha value is -3.14. The van der Waals surface area contributed by atoms with Crippen LogP contribution in [0.2, 0.25) is 10.0 Å². The number of nitriles is 1. The third-order valence-corrected chi connectivity index (χ3v) is 4.92. The summed E-state index contributed by atoms with van der Waals surface area (Å²) in [5.41, 5.74) is 8.49. The van der Waals surface area contributed by atoms with Crippen LogP contribution < -0.4 is 19.9 Å². The number of benzene rings is 2. The number of hydrogen-bond acceptors (Lipinski definition) is 6. The Kier molecular flexibility index (Phi) is 6.02. The first kappa shape index (κ1) is 20.6. The summed E-state index contributed by atoms with van der Waals surface area (Å²) >= 11 is 12.5. The Labute approximate surface area is 178 Å². The lowest BCUT2D eigenvalue weighted by Crippen LogP contribution is -2.02. The van der Waals surface area contributed by atoms with Crippen LogP contribution >= 0.6 is 23.2 Å². The zero-order valence-corrected chi connectivity index (χ0v) is 17.4. The number of hydrogen-bond donors (Lipinski definition) is 1. The maximum atomic E-state index is 9.70. The molecule has 6 nitrogen and oxygen atoms in total. The standard InChI is InChI=1S/C21H17Cl2N3O3/c1-27-18-9-20(29-3)19(28-2)8-13(18)12-7-17(26-21(25)15(12)10-24)14-6-11(22)4-5-16(14)23/h4-9H,1-3H3,(H2,25,26). The fourth-order valence-electron chi connectivity index (χ4n) is 2.97. The summed E-state index contributed by atoms with van der Waals surface area (Å²) in [5, 5.41) is 10.7. The van der Waals surface area contributed by atoms with Crippen LogP contribution in [0.15, 0.2) is 36.4 Å². The van der Waals surface area contributed by atoms with Gasteiger partial charge in [0, 0.05) is 27.8 Å². The number of methoxy groups -OCH3 is 3. The van der Waals surface area contributed by atoms with E-state index in [0.29, 0.717) is 49.7 Å². The number of ether oxygens (including phenoxy) is 3. The Morgan fingerprint density at radius 2 is 1.52 bits per heavy atom. The molecule has 0 fully saturated rings. The number of nitrogens with two attached hydrogens (primary N) is 1. The molecule has 29 heavy (non-hydrogen) atoms. The van der Waals surface area contributed by atoms with E-state index in [-0.39, 0.29) is 11.4 Å². The van der Waals surface area contributed by atoms with E-state index in [1.807, 2.05) is 0 Å². The number of halogens is 2. The molecule has 0 radical (unpaired) electrons. The van der Waals surface area contributed by atoms with Crippen molar-refractivity contribution < 1.29 is 14.2 Å². The van der Waals surface area contributed by atoms with Crippen LogP contribution in [0, 0.1) is 11.3 Å². The minimum absolute atomic E-state index is 0.0629. The highest BCUT2D eigenvalue weighted by Gasteiger charge is 2.20. The molecule has 0 aliphatic heterocycles. The van der Waals surface area contributed by atoms with Crippen molar-refractivity contribution in [2.75, 3.05) is 27.1 Å². The molecular weight excluding hydrogens is 413 g/mol. The molecule has 0 aliphatic carbocycles. The lowest BCUT2D eigenvalue weighted by Gasteiger charge is -2.16. The van der Waals surface area contributed by atoms with Gasteiger partial charge in [-0.1, -0.05) is 23.2 Å². The molecule has 0 atom stereocenters. The van der Waals surface area contributed by atoms with E-state index in [9.17, 15) is 5.26 Å². The molecule has 3 rings (SSSR count). The smallest absolute Gasteiger partial charge is 0.164 e. The van der Waals surface area contributed by atoms with Gasteiger partial charge in [0.15, 0.2) is 11.5 Å². The second-order valence-electron chi connectivity index (χ2n) is 5.96. The Bertz CT molecular complexity index is 1130. The predicted octanol–water partition coefficient (Wildman–Crippen LogP) is 5.20. The third-order valence-electron chi connectivity index (χ3n) is 4.36. The summed E-state index contributed by atoms with van der Waals surface area (Å²) in [6.45, 7) is 0. The van der Waals surface area contributed by atoms with Gasteiger partial charge in [-0.25, -0.2) is 4.98 Å². The molecule has 0 saturated heterocycles. The fraction of sp³-hybridized carbons (Fsp3) is 0.143. The monoisotopic (exact) mass is 429 g/mol. The van der Waals surface area contributed by atoms with Crippen molar-refractivity contribution in [1.82, 2.24) is 4.98 Å². The van der Waals surface area contributed by atoms with Crippen LogP contribution in [-0.4, -0.2) is 26.3 Å². The van der Waals surface area contributed by atoms with Gasteiger partial charge < -0.3 is 19.9 Å². The van der Waals surface area contributed by atoms with Gasteiger partial charge in [0.2, 0.25) is 0 Å². The highest BCUT2D eigenvalue weighted by atomic mass is 35.5. The van der Waals surface area contributed by atoms with E-state index in [4.69, 9.17) is 43.1 Å². The van der Waals surface area contributed by atoms with Gasteiger partial charge in [0.1, 0.15) is 23.2 Å². The van der Waals surface area contributed by atoms with Crippen molar-refractivity contribution in [2.45, 2.75) is 0 Å². The molecule has 1 aromatic heterocycles. The van der Waals surface area contributed by atoms with Crippen LogP contribution in [0.25, 0.3) is 22.4 Å². The molecule has 8 heteroatoms. The average Bonchev–Trinajstić information content (AvgIpc) is 2.73. The molecule has 0 bridgehead atoms. The van der Waals surface area contributed by atoms with E-state index in [1.54, 1.807) is 36.4 Å². The molecular formula is C21H17Cl2N3O3. The van der Waals surface area contributed by atoms with Gasteiger partial charge in [-0.05, 0) is 30.3 Å². The van der Waals surface area contributed by atoms with E-state index in [0.717, 1.165) is 0 Å². The summed E-state index contributed by atoms with van der Waals surface area (Å²) < 4.78 is 16.3. The minimum atomic E-state index is 0.0629. The van der Waals surface area contributed by atoms with E-state index >= 15 is 0 Å². The Morgan fingerprint density at radius 3 is 2.14 bits per heavy atom. The zero-order valence-electron chi connectivity index (χ0n) is 15.9. The van der Waals surface area contributed by atoms with Crippen LogP contribution in [0.4, 0.5) is 5.82 Å². The maximum Gasteiger partial charge on any atom is 0.164 e. The lowest BCUT2D eigenvalue weighted by atomic mass is 9.97. The number of aromatic nitrogens is 1. The largest absolute Gasteiger partial charge is 0.496 e. The molecule has 2 N–H and O–H groups in total. The topological polar surface area (TPSA) is 90.4 Å². The van der Waals surface area contributed by atoms with E-state index in [1.165, 1.54) is 21.3 Å². The number of nitrogen functional groups attached to an aromatic ring is 1. The maximum absolute atomic E-state index is 9.70. The summed E-state index contributed by atoms with van der Waals surface area (Å²) in [5.74, 6) is 1.51. The van der Waals surface area contributed by atoms with Crippen molar-refractivity contribution >= 4 is 29.0 Å². The van der Waals surface area contributed by atoms with Gasteiger partial charge in [-0.3, -0.25) is 0 Å². The van der Waals surface area contributed by atoms with Gasteiger partial charge >= 0.3 is 0 Å². The van der Waals surface area contributed by atoms with Gasteiger partial charge in [0.05, 0.1) is 32.0 Å². The fourth-order valence-corrected chi connectivity index (χ4v) is 3.35.